The number of rotatable bonds is 4. The first-order valence-electron chi connectivity index (χ1n) is 5.49. The van der Waals surface area contributed by atoms with Crippen molar-refractivity contribution in [2.24, 2.45) is 5.92 Å². The standard InChI is InChI=1S/C13H20ClN/c1-9(2)11(4)15-8-12-6-5-10(3)7-13(12)14/h5-7,9,11,15H,8H2,1-4H3. The zero-order valence-electron chi connectivity index (χ0n) is 9.97. The highest BCUT2D eigenvalue weighted by Crippen LogP contribution is 2.17. The molecule has 0 radical (unpaired) electrons. The van der Waals surface area contributed by atoms with Gasteiger partial charge in [0.15, 0.2) is 0 Å². The number of halogens is 1. The molecular formula is C13H20ClN. The fourth-order valence-corrected chi connectivity index (χ4v) is 1.60. The Morgan fingerprint density at radius 2 is 1.93 bits per heavy atom. The van der Waals surface area contributed by atoms with Crippen LogP contribution in [0.4, 0.5) is 0 Å². The lowest BCUT2D eigenvalue weighted by molar-refractivity contribution is 0.426. The van der Waals surface area contributed by atoms with Crippen LogP contribution in [0.3, 0.4) is 0 Å². The minimum Gasteiger partial charge on any atom is -0.310 e. The Morgan fingerprint density at radius 1 is 1.27 bits per heavy atom. The van der Waals surface area contributed by atoms with Gasteiger partial charge in [-0.1, -0.05) is 37.6 Å². The van der Waals surface area contributed by atoms with Crippen LogP contribution in [0.25, 0.3) is 0 Å². The molecule has 0 aliphatic heterocycles. The summed E-state index contributed by atoms with van der Waals surface area (Å²) >= 11 is 6.15. The second-order valence-electron chi connectivity index (χ2n) is 4.51. The van der Waals surface area contributed by atoms with E-state index in [-0.39, 0.29) is 0 Å². The Balaban J connectivity index is 2.58. The third kappa shape index (κ3) is 3.84. The Hall–Kier alpha value is -0.530. The molecule has 0 bridgehead atoms. The predicted molar refractivity (Wildman–Crippen MR) is 67.3 cm³/mol. The summed E-state index contributed by atoms with van der Waals surface area (Å²) in [6.07, 6.45) is 0. The van der Waals surface area contributed by atoms with E-state index in [0.29, 0.717) is 12.0 Å². The molecule has 0 aliphatic rings. The average Bonchev–Trinajstić information content (AvgIpc) is 2.15. The summed E-state index contributed by atoms with van der Waals surface area (Å²) in [5.74, 6) is 0.647. The van der Waals surface area contributed by atoms with Crippen molar-refractivity contribution in [3.63, 3.8) is 0 Å². The van der Waals surface area contributed by atoms with Gasteiger partial charge >= 0.3 is 0 Å². The van der Waals surface area contributed by atoms with Crippen LogP contribution >= 0.6 is 11.6 Å². The highest BCUT2D eigenvalue weighted by molar-refractivity contribution is 6.31. The third-order valence-electron chi connectivity index (χ3n) is 2.82. The van der Waals surface area contributed by atoms with Crippen molar-refractivity contribution in [1.29, 1.82) is 0 Å². The summed E-state index contributed by atoms with van der Waals surface area (Å²) in [6.45, 7) is 9.54. The first-order chi connectivity index (χ1) is 7.00. The Bertz CT molecular complexity index is 320. The Kier molecular flexibility index (Phi) is 4.62. The number of hydrogen-bond donors (Lipinski definition) is 1. The maximum atomic E-state index is 6.15. The van der Waals surface area contributed by atoms with Crippen LogP contribution in [0.2, 0.25) is 5.02 Å². The summed E-state index contributed by atoms with van der Waals surface area (Å²) in [5.41, 5.74) is 2.38. The summed E-state index contributed by atoms with van der Waals surface area (Å²) in [6, 6.07) is 6.72. The average molecular weight is 226 g/mol. The van der Waals surface area contributed by atoms with E-state index in [2.05, 4.69) is 45.1 Å². The zero-order valence-corrected chi connectivity index (χ0v) is 10.7. The molecule has 15 heavy (non-hydrogen) atoms. The van der Waals surface area contributed by atoms with Gasteiger partial charge in [-0.05, 0) is 37.0 Å². The van der Waals surface area contributed by atoms with Crippen LogP contribution in [0.1, 0.15) is 31.9 Å². The molecule has 1 aromatic rings. The molecule has 1 unspecified atom stereocenters. The van der Waals surface area contributed by atoms with Gasteiger partial charge in [-0.25, -0.2) is 0 Å². The molecule has 0 saturated heterocycles. The summed E-state index contributed by atoms with van der Waals surface area (Å²) in [5, 5.41) is 4.33. The van der Waals surface area contributed by atoms with E-state index in [1.54, 1.807) is 0 Å². The molecule has 0 heterocycles. The molecule has 1 N–H and O–H groups in total. The van der Waals surface area contributed by atoms with Gasteiger partial charge in [0.1, 0.15) is 0 Å². The van der Waals surface area contributed by atoms with Crippen molar-refractivity contribution < 1.29 is 0 Å². The van der Waals surface area contributed by atoms with Gasteiger partial charge in [-0.15, -0.1) is 0 Å². The molecule has 0 fully saturated rings. The fraction of sp³-hybridized carbons (Fsp3) is 0.538. The van der Waals surface area contributed by atoms with Crippen LogP contribution in [0, 0.1) is 12.8 Å². The molecule has 1 atom stereocenters. The number of nitrogens with one attached hydrogen (secondary N) is 1. The molecule has 1 rings (SSSR count). The van der Waals surface area contributed by atoms with Crippen molar-refractivity contribution in [2.45, 2.75) is 40.3 Å². The van der Waals surface area contributed by atoms with Gasteiger partial charge in [-0.2, -0.15) is 0 Å². The van der Waals surface area contributed by atoms with E-state index in [9.17, 15) is 0 Å². The van der Waals surface area contributed by atoms with Gasteiger partial charge < -0.3 is 5.32 Å². The minimum absolute atomic E-state index is 0.516. The molecule has 0 spiro atoms. The van der Waals surface area contributed by atoms with Gasteiger partial charge in [0.25, 0.3) is 0 Å². The lowest BCUT2D eigenvalue weighted by Crippen LogP contribution is -2.30. The zero-order chi connectivity index (χ0) is 11.4. The van der Waals surface area contributed by atoms with Crippen molar-refractivity contribution in [3.05, 3.63) is 34.3 Å². The molecule has 0 aliphatic carbocycles. The highest BCUT2D eigenvalue weighted by Gasteiger charge is 2.07. The van der Waals surface area contributed by atoms with Crippen molar-refractivity contribution in [2.75, 3.05) is 0 Å². The van der Waals surface area contributed by atoms with E-state index in [1.165, 1.54) is 11.1 Å². The normalized spacial score (nSPS) is 13.2. The largest absolute Gasteiger partial charge is 0.310 e. The van der Waals surface area contributed by atoms with E-state index in [0.717, 1.165) is 11.6 Å². The number of aryl methyl sites for hydroxylation is 1. The Morgan fingerprint density at radius 3 is 2.47 bits per heavy atom. The molecule has 0 aromatic heterocycles. The molecule has 1 nitrogen and oxygen atoms in total. The van der Waals surface area contributed by atoms with Crippen LogP contribution in [0.5, 0.6) is 0 Å². The maximum absolute atomic E-state index is 6.15. The number of benzene rings is 1. The van der Waals surface area contributed by atoms with Gasteiger partial charge in [0.05, 0.1) is 0 Å². The van der Waals surface area contributed by atoms with E-state index in [4.69, 9.17) is 11.6 Å². The lowest BCUT2D eigenvalue weighted by Gasteiger charge is -2.18. The lowest BCUT2D eigenvalue weighted by atomic mass is 10.1. The van der Waals surface area contributed by atoms with Crippen LogP contribution in [-0.2, 0) is 6.54 Å². The van der Waals surface area contributed by atoms with Crippen LogP contribution < -0.4 is 5.32 Å². The van der Waals surface area contributed by atoms with Crippen molar-refractivity contribution >= 4 is 11.6 Å². The van der Waals surface area contributed by atoms with E-state index in [1.807, 2.05) is 6.07 Å². The highest BCUT2D eigenvalue weighted by atomic mass is 35.5. The fourth-order valence-electron chi connectivity index (χ4n) is 1.30. The third-order valence-corrected chi connectivity index (χ3v) is 3.17. The Labute approximate surface area is 97.8 Å². The smallest absolute Gasteiger partial charge is 0.0453 e. The molecular weight excluding hydrogens is 206 g/mol. The topological polar surface area (TPSA) is 12.0 Å². The van der Waals surface area contributed by atoms with Gasteiger partial charge in [-0.3, -0.25) is 0 Å². The minimum atomic E-state index is 0.516. The quantitative estimate of drug-likeness (QED) is 0.823. The first kappa shape index (κ1) is 12.5. The van der Waals surface area contributed by atoms with E-state index < -0.39 is 0 Å². The second-order valence-corrected chi connectivity index (χ2v) is 4.92. The molecule has 2 heteroatoms. The maximum Gasteiger partial charge on any atom is 0.0453 e. The number of hydrogen-bond acceptors (Lipinski definition) is 1. The van der Waals surface area contributed by atoms with Gasteiger partial charge in [0.2, 0.25) is 0 Å². The molecule has 1 aromatic carbocycles. The van der Waals surface area contributed by atoms with E-state index >= 15 is 0 Å². The summed E-state index contributed by atoms with van der Waals surface area (Å²) in [4.78, 5) is 0. The monoisotopic (exact) mass is 225 g/mol. The van der Waals surface area contributed by atoms with Crippen molar-refractivity contribution in [3.8, 4) is 0 Å². The summed E-state index contributed by atoms with van der Waals surface area (Å²) in [7, 11) is 0. The molecule has 0 saturated carbocycles. The second kappa shape index (κ2) is 5.53. The SMILES string of the molecule is Cc1ccc(CNC(C)C(C)C)c(Cl)c1. The summed E-state index contributed by atoms with van der Waals surface area (Å²) < 4.78 is 0. The van der Waals surface area contributed by atoms with Gasteiger partial charge in [0, 0.05) is 17.6 Å². The molecule has 84 valence electrons. The first-order valence-corrected chi connectivity index (χ1v) is 5.87. The van der Waals surface area contributed by atoms with Crippen molar-refractivity contribution in [1.82, 2.24) is 5.32 Å². The molecule has 0 amide bonds. The predicted octanol–water partition coefficient (Wildman–Crippen LogP) is 3.78. The van der Waals surface area contributed by atoms with Crippen LogP contribution in [0.15, 0.2) is 18.2 Å². The van der Waals surface area contributed by atoms with Crippen LogP contribution in [-0.4, -0.2) is 6.04 Å².